The molecule has 0 spiro atoms. The summed E-state index contributed by atoms with van der Waals surface area (Å²) in [7, 11) is 1.71. The van der Waals surface area contributed by atoms with Crippen LogP contribution in [0.1, 0.15) is 12.1 Å². The summed E-state index contributed by atoms with van der Waals surface area (Å²) in [5.41, 5.74) is 1.82. The molecule has 0 unspecified atom stereocenters. The highest BCUT2D eigenvalue weighted by Crippen LogP contribution is 2.20. The second-order valence-electron chi connectivity index (χ2n) is 5.35. The number of rotatable bonds is 4. The zero-order valence-corrected chi connectivity index (χ0v) is 12.8. The zero-order chi connectivity index (χ0) is 15.4. The molecule has 3 heterocycles. The number of hydrogen-bond donors (Lipinski definition) is 1. The molecule has 116 valence electrons. The topological polar surface area (TPSA) is 69.2 Å². The predicted octanol–water partition coefficient (Wildman–Crippen LogP) is 2.06. The van der Waals surface area contributed by atoms with Crippen molar-refractivity contribution in [3.05, 3.63) is 36.3 Å². The second-order valence-corrected chi connectivity index (χ2v) is 5.35. The van der Waals surface area contributed by atoms with E-state index in [0.29, 0.717) is 12.4 Å². The Hall–Kier alpha value is -2.05. The van der Waals surface area contributed by atoms with Gasteiger partial charge in [-0.25, -0.2) is 9.97 Å². The average Bonchev–Trinajstić information content (AvgIpc) is 2.56. The summed E-state index contributed by atoms with van der Waals surface area (Å²) in [6, 6.07) is 5.97. The quantitative estimate of drug-likeness (QED) is 0.932. The normalized spacial score (nSPS) is 21.5. The molecule has 0 aliphatic carbocycles. The lowest BCUT2D eigenvalue weighted by atomic mass is 10.1. The molecule has 2 aromatic rings. The fourth-order valence-electron chi connectivity index (χ4n) is 2.57. The van der Waals surface area contributed by atoms with Gasteiger partial charge in [-0.05, 0) is 25.5 Å². The molecule has 6 nitrogen and oxygen atoms in total. The lowest BCUT2D eigenvalue weighted by Crippen LogP contribution is -2.43. The summed E-state index contributed by atoms with van der Waals surface area (Å²) >= 11 is 0. The molecule has 0 saturated carbocycles. The molecule has 1 N–H and O–H groups in total. The van der Waals surface area contributed by atoms with Gasteiger partial charge in [0.05, 0.1) is 12.6 Å². The highest BCUT2D eigenvalue weighted by molar-refractivity contribution is 5.56. The van der Waals surface area contributed by atoms with Crippen LogP contribution >= 0.6 is 0 Å². The molecule has 2 atom stereocenters. The predicted molar refractivity (Wildman–Crippen MR) is 83.6 cm³/mol. The van der Waals surface area contributed by atoms with E-state index in [9.17, 15) is 0 Å². The lowest BCUT2D eigenvalue weighted by Gasteiger charge is -2.31. The molecule has 2 aromatic heterocycles. The lowest BCUT2D eigenvalue weighted by molar-refractivity contribution is -0.0367. The minimum atomic E-state index is 0.0332. The number of nitrogens with one attached hydrogen (secondary N) is 1. The van der Waals surface area contributed by atoms with Crippen LogP contribution in [-0.4, -0.2) is 47.4 Å². The molecule has 0 radical (unpaired) electrons. The van der Waals surface area contributed by atoms with Crippen molar-refractivity contribution >= 4 is 5.82 Å². The highest BCUT2D eigenvalue weighted by Gasteiger charge is 2.26. The van der Waals surface area contributed by atoms with Crippen LogP contribution in [0.2, 0.25) is 0 Å². The average molecular weight is 300 g/mol. The summed E-state index contributed by atoms with van der Waals surface area (Å²) in [6.07, 6.45) is 4.43. The summed E-state index contributed by atoms with van der Waals surface area (Å²) in [5.74, 6) is 1.48. The van der Waals surface area contributed by atoms with Crippen molar-refractivity contribution in [3.8, 4) is 11.4 Å². The van der Waals surface area contributed by atoms with E-state index in [4.69, 9.17) is 9.47 Å². The third-order valence-electron chi connectivity index (χ3n) is 3.71. The van der Waals surface area contributed by atoms with E-state index < -0.39 is 0 Å². The van der Waals surface area contributed by atoms with Gasteiger partial charge < -0.3 is 14.8 Å². The smallest absolute Gasteiger partial charge is 0.163 e. The van der Waals surface area contributed by atoms with Crippen molar-refractivity contribution < 1.29 is 9.47 Å². The van der Waals surface area contributed by atoms with Crippen LogP contribution in [0.3, 0.4) is 0 Å². The Morgan fingerprint density at radius 1 is 1.36 bits per heavy atom. The maximum atomic E-state index is 5.48. The van der Waals surface area contributed by atoms with Crippen molar-refractivity contribution in [1.82, 2.24) is 15.0 Å². The van der Waals surface area contributed by atoms with E-state index >= 15 is 0 Å². The SMILES string of the molecule is CO[C@H]1COCC[C@@H]1Nc1cc(C)nc(-c2cccnc2)n1. The number of methoxy groups -OCH3 is 1. The minimum Gasteiger partial charge on any atom is -0.379 e. The van der Waals surface area contributed by atoms with E-state index in [-0.39, 0.29) is 12.1 Å². The number of hydrogen-bond acceptors (Lipinski definition) is 6. The molecular formula is C16H20N4O2. The fourth-order valence-corrected chi connectivity index (χ4v) is 2.57. The van der Waals surface area contributed by atoms with Gasteiger partial charge >= 0.3 is 0 Å². The minimum absolute atomic E-state index is 0.0332. The summed E-state index contributed by atoms with van der Waals surface area (Å²) in [5, 5.41) is 3.46. The Labute approximate surface area is 129 Å². The molecule has 1 aliphatic rings. The number of anilines is 1. The van der Waals surface area contributed by atoms with Crippen molar-refractivity contribution in [3.63, 3.8) is 0 Å². The highest BCUT2D eigenvalue weighted by atomic mass is 16.5. The molecular weight excluding hydrogens is 280 g/mol. The van der Waals surface area contributed by atoms with E-state index in [1.54, 1.807) is 19.5 Å². The summed E-state index contributed by atoms with van der Waals surface area (Å²) < 4.78 is 10.9. The van der Waals surface area contributed by atoms with Crippen LogP contribution in [0.4, 0.5) is 5.82 Å². The van der Waals surface area contributed by atoms with Crippen LogP contribution in [0, 0.1) is 6.92 Å². The number of pyridine rings is 1. The Kier molecular flexibility index (Phi) is 4.60. The Morgan fingerprint density at radius 3 is 3.05 bits per heavy atom. The van der Waals surface area contributed by atoms with Gasteiger partial charge in [-0.2, -0.15) is 0 Å². The van der Waals surface area contributed by atoms with E-state index in [0.717, 1.165) is 30.1 Å². The van der Waals surface area contributed by atoms with Crippen LogP contribution < -0.4 is 5.32 Å². The van der Waals surface area contributed by atoms with Gasteiger partial charge in [0.15, 0.2) is 5.82 Å². The molecule has 1 aliphatic heterocycles. The van der Waals surface area contributed by atoms with Gasteiger partial charge in [0.25, 0.3) is 0 Å². The van der Waals surface area contributed by atoms with E-state index in [1.807, 2.05) is 25.1 Å². The third kappa shape index (κ3) is 3.40. The summed E-state index contributed by atoms with van der Waals surface area (Å²) in [6.45, 7) is 3.30. The maximum Gasteiger partial charge on any atom is 0.163 e. The standard InChI is InChI=1S/C16H20N4O2/c1-11-8-15(19-13-5-7-22-10-14(13)21-2)20-16(18-11)12-4-3-6-17-9-12/h3-4,6,8-9,13-14H,5,7,10H2,1-2H3,(H,18,19,20)/t13-,14-/m0/s1. The molecule has 1 saturated heterocycles. The largest absolute Gasteiger partial charge is 0.379 e. The van der Waals surface area contributed by atoms with Gasteiger partial charge in [0.2, 0.25) is 0 Å². The van der Waals surface area contributed by atoms with Crippen molar-refractivity contribution in [2.24, 2.45) is 0 Å². The number of aromatic nitrogens is 3. The van der Waals surface area contributed by atoms with Gasteiger partial charge in [-0.3, -0.25) is 4.98 Å². The maximum absolute atomic E-state index is 5.48. The molecule has 0 bridgehead atoms. The van der Waals surface area contributed by atoms with Gasteiger partial charge in [0.1, 0.15) is 11.9 Å². The first-order valence-corrected chi connectivity index (χ1v) is 7.39. The van der Waals surface area contributed by atoms with Crippen LogP contribution in [0.15, 0.2) is 30.6 Å². The third-order valence-corrected chi connectivity index (χ3v) is 3.71. The molecule has 0 aromatic carbocycles. The number of nitrogens with zero attached hydrogens (tertiary/aromatic N) is 3. The summed E-state index contributed by atoms with van der Waals surface area (Å²) in [4.78, 5) is 13.2. The van der Waals surface area contributed by atoms with Crippen molar-refractivity contribution in [2.45, 2.75) is 25.5 Å². The first kappa shape index (κ1) is 14.9. The Morgan fingerprint density at radius 2 is 2.27 bits per heavy atom. The fraction of sp³-hybridized carbons (Fsp3) is 0.438. The Balaban J connectivity index is 1.83. The van der Waals surface area contributed by atoms with Crippen LogP contribution in [0.25, 0.3) is 11.4 Å². The van der Waals surface area contributed by atoms with Gasteiger partial charge in [0, 0.05) is 43.4 Å². The molecule has 0 amide bonds. The second kappa shape index (κ2) is 6.81. The monoisotopic (exact) mass is 300 g/mol. The zero-order valence-electron chi connectivity index (χ0n) is 12.8. The van der Waals surface area contributed by atoms with Crippen LogP contribution in [-0.2, 0) is 9.47 Å². The van der Waals surface area contributed by atoms with Crippen molar-refractivity contribution in [1.29, 1.82) is 0 Å². The van der Waals surface area contributed by atoms with Crippen molar-refractivity contribution in [2.75, 3.05) is 25.6 Å². The molecule has 3 rings (SSSR count). The molecule has 6 heteroatoms. The molecule has 22 heavy (non-hydrogen) atoms. The van der Waals surface area contributed by atoms with E-state index in [2.05, 4.69) is 20.3 Å². The van der Waals surface area contributed by atoms with Crippen LogP contribution in [0.5, 0.6) is 0 Å². The van der Waals surface area contributed by atoms with Gasteiger partial charge in [-0.1, -0.05) is 0 Å². The Bertz CT molecular complexity index is 621. The first-order chi connectivity index (χ1) is 10.8. The van der Waals surface area contributed by atoms with E-state index in [1.165, 1.54) is 0 Å². The number of aryl methyl sites for hydroxylation is 1. The van der Waals surface area contributed by atoms with Gasteiger partial charge in [-0.15, -0.1) is 0 Å². The number of ether oxygens (including phenoxy) is 2. The first-order valence-electron chi connectivity index (χ1n) is 7.39. The molecule has 1 fully saturated rings.